The molecule has 0 amide bonds. The van der Waals surface area contributed by atoms with Gasteiger partial charge in [-0.3, -0.25) is 0 Å². The molecule has 2 nitrogen and oxygen atoms in total. The van der Waals surface area contributed by atoms with E-state index in [0.717, 1.165) is 0 Å². The summed E-state index contributed by atoms with van der Waals surface area (Å²) in [6, 6.07) is 0. The van der Waals surface area contributed by atoms with Crippen LogP contribution in [0, 0.1) is 0 Å². The van der Waals surface area contributed by atoms with Gasteiger partial charge in [0.25, 0.3) is 0 Å². The predicted molar refractivity (Wildman–Crippen MR) is 36.2 cm³/mol. The van der Waals surface area contributed by atoms with Crippen molar-refractivity contribution in [2.75, 3.05) is 13.3 Å². The Morgan fingerprint density at radius 3 is 1.50 bits per heavy atom. The maximum absolute atomic E-state index is 10.4. The lowest BCUT2D eigenvalue weighted by atomic mass is 11.2. The van der Waals surface area contributed by atoms with Crippen LogP contribution in [0.3, 0.4) is 0 Å². The van der Waals surface area contributed by atoms with Crippen LogP contribution in [0.25, 0.3) is 0 Å². The molecule has 0 aliphatic rings. The topological polar surface area (TPSA) is 34.1 Å². The zero-order chi connectivity index (χ0) is 6.73. The van der Waals surface area contributed by atoms with Gasteiger partial charge in [0.1, 0.15) is 13.3 Å². The summed E-state index contributed by atoms with van der Waals surface area (Å²) < 4.78 is 20.9. The lowest BCUT2D eigenvalue weighted by Gasteiger charge is -1.63. The van der Waals surface area contributed by atoms with Crippen molar-refractivity contribution in [1.29, 1.82) is 0 Å². The van der Waals surface area contributed by atoms with Crippen LogP contribution in [-0.4, -0.2) is 13.3 Å². The Morgan fingerprint density at radius 1 is 1.25 bits per heavy atom. The second-order valence-corrected chi connectivity index (χ2v) is 4.83. The van der Waals surface area contributed by atoms with Crippen LogP contribution < -0.4 is 0 Å². The summed E-state index contributed by atoms with van der Waals surface area (Å²) in [6.07, 6.45) is 0. The molecule has 2 atom stereocenters. The molecule has 8 heavy (non-hydrogen) atoms. The van der Waals surface area contributed by atoms with E-state index in [1.165, 1.54) is 13.3 Å². The second-order valence-electron chi connectivity index (χ2n) is 1.41. The molecule has 0 bridgehead atoms. The Morgan fingerprint density at radius 2 is 1.50 bits per heavy atom. The molecule has 0 aromatic rings. The van der Waals surface area contributed by atoms with Gasteiger partial charge in [-0.1, -0.05) is 9.13 Å². The normalized spacial score (nSPS) is 12.8. The summed E-state index contributed by atoms with van der Waals surface area (Å²) >= 11 is 0. The maximum atomic E-state index is 10.4. The van der Waals surface area contributed by atoms with Crippen molar-refractivity contribution in [3.8, 4) is 0 Å². The minimum absolute atomic E-state index is 0.370. The van der Waals surface area contributed by atoms with Crippen LogP contribution in [0.5, 0.6) is 0 Å². The van der Waals surface area contributed by atoms with E-state index < -0.39 is 15.6 Å². The van der Waals surface area contributed by atoms with Crippen molar-refractivity contribution in [3.63, 3.8) is 0 Å². The molecule has 0 fully saturated rings. The van der Waals surface area contributed by atoms with E-state index in [9.17, 15) is 9.13 Å². The highest BCUT2D eigenvalue weighted by molar-refractivity contribution is 7.69. The molecule has 0 spiro atoms. The highest BCUT2D eigenvalue weighted by Gasteiger charge is 2.29. The molecule has 0 aliphatic carbocycles. The molecular formula is C4H8O2P2+2. The second kappa shape index (κ2) is 3.06. The van der Waals surface area contributed by atoms with Crippen LogP contribution in [0.2, 0.25) is 0 Å². The molecule has 0 N–H and O–H groups in total. The number of hydrogen-bond acceptors (Lipinski definition) is 2. The maximum Gasteiger partial charge on any atom is 0.421 e. The number of rotatable bonds is 2. The van der Waals surface area contributed by atoms with E-state index in [4.69, 9.17) is 0 Å². The SMILES string of the molecule is C=C([P+](C)=O)[P+](C)=O. The molecule has 0 heterocycles. The van der Waals surface area contributed by atoms with Crippen LogP contribution in [-0.2, 0) is 9.13 Å². The van der Waals surface area contributed by atoms with E-state index in [1.54, 1.807) is 0 Å². The van der Waals surface area contributed by atoms with E-state index in [0.29, 0.717) is 5.06 Å². The van der Waals surface area contributed by atoms with Gasteiger partial charge in [0.15, 0.2) is 0 Å². The zero-order valence-corrected chi connectivity index (χ0v) is 6.71. The molecule has 0 aromatic heterocycles. The standard InChI is InChI=1S/C4H8O2P2/c1-4(7(2)5)8(3)6/h1H2,2-3H3/q+2. The van der Waals surface area contributed by atoms with Crippen LogP contribution in [0.4, 0.5) is 0 Å². The van der Waals surface area contributed by atoms with Crippen molar-refractivity contribution in [3.05, 3.63) is 11.6 Å². The number of hydrogen-bond donors (Lipinski definition) is 0. The van der Waals surface area contributed by atoms with Gasteiger partial charge in [-0.25, -0.2) is 0 Å². The first-order valence-electron chi connectivity index (χ1n) is 2.06. The average molecular weight is 150 g/mol. The van der Waals surface area contributed by atoms with Gasteiger partial charge in [0.05, 0.1) is 0 Å². The fraction of sp³-hybridized carbons (Fsp3) is 0.500. The lowest BCUT2D eigenvalue weighted by molar-refractivity contribution is 0.590. The smallest absolute Gasteiger partial charge is 0.0639 e. The average Bonchev–Trinajstić information content (AvgIpc) is 1.64. The van der Waals surface area contributed by atoms with Crippen molar-refractivity contribution in [1.82, 2.24) is 0 Å². The molecule has 2 unspecified atom stereocenters. The summed E-state index contributed by atoms with van der Waals surface area (Å²) in [5, 5.41) is 0.370. The molecule has 0 saturated carbocycles. The molecule has 0 saturated heterocycles. The van der Waals surface area contributed by atoms with Gasteiger partial charge < -0.3 is 0 Å². The van der Waals surface area contributed by atoms with Gasteiger partial charge in [-0.2, -0.15) is 0 Å². The molecule has 4 heteroatoms. The molecule has 0 rings (SSSR count). The largest absolute Gasteiger partial charge is 0.421 e. The predicted octanol–water partition coefficient (Wildman–Crippen LogP) is 2.37. The van der Waals surface area contributed by atoms with Crippen LogP contribution in [0.15, 0.2) is 11.6 Å². The molecule has 0 aromatic carbocycles. The third-order valence-corrected chi connectivity index (χ3v) is 3.87. The summed E-state index contributed by atoms with van der Waals surface area (Å²) in [5.74, 6) is 0. The van der Waals surface area contributed by atoms with Crippen molar-refractivity contribution in [2.45, 2.75) is 0 Å². The van der Waals surface area contributed by atoms with E-state index in [-0.39, 0.29) is 0 Å². The molecular weight excluding hydrogens is 142 g/mol. The molecule has 0 radical (unpaired) electrons. The zero-order valence-electron chi connectivity index (χ0n) is 4.92. The van der Waals surface area contributed by atoms with Gasteiger partial charge in [0, 0.05) is 6.58 Å². The minimum atomic E-state index is -1.43. The highest BCUT2D eigenvalue weighted by Crippen LogP contribution is 2.42. The molecule has 0 aliphatic heterocycles. The van der Waals surface area contributed by atoms with E-state index in [1.807, 2.05) is 0 Å². The Labute approximate surface area is 50.6 Å². The third-order valence-electron chi connectivity index (χ3n) is 0.727. The van der Waals surface area contributed by atoms with Crippen molar-refractivity contribution < 1.29 is 9.13 Å². The quantitative estimate of drug-likeness (QED) is 0.566. The fourth-order valence-electron chi connectivity index (χ4n) is 0.198. The van der Waals surface area contributed by atoms with Crippen molar-refractivity contribution in [2.24, 2.45) is 0 Å². The van der Waals surface area contributed by atoms with Gasteiger partial charge in [-0.05, 0) is 0 Å². The Hall–Kier alpha value is -0.0600. The minimum Gasteiger partial charge on any atom is -0.0639 e. The van der Waals surface area contributed by atoms with E-state index in [2.05, 4.69) is 6.58 Å². The van der Waals surface area contributed by atoms with Crippen LogP contribution in [0.1, 0.15) is 0 Å². The first-order valence-corrected chi connectivity index (χ1v) is 5.47. The summed E-state index contributed by atoms with van der Waals surface area (Å²) in [4.78, 5) is 0. The summed E-state index contributed by atoms with van der Waals surface area (Å²) in [5.41, 5.74) is 0. The fourth-order valence-corrected chi connectivity index (χ4v) is 1.78. The van der Waals surface area contributed by atoms with E-state index >= 15 is 0 Å². The monoisotopic (exact) mass is 150 g/mol. The van der Waals surface area contributed by atoms with Gasteiger partial charge in [-0.15, -0.1) is 0 Å². The Bertz CT molecular complexity index is 134. The first kappa shape index (κ1) is 7.94. The molecule has 44 valence electrons. The van der Waals surface area contributed by atoms with Gasteiger partial charge >= 0.3 is 20.7 Å². The highest BCUT2D eigenvalue weighted by atomic mass is 31.2. The first-order chi connectivity index (χ1) is 3.55. The third kappa shape index (κ3) is 2.30. The van der Waals surface area contributed by atoms with Gasteiger partial charge in [0.2, 0.25) is 0 Å². The summed E-state index contributed by atoms with van der Waals surface area (Å²) in [7, 11) is -2.86. The summed E-state index contributed by atoms with van der Waals surface area (Å²) in [6.45, 7) is 6.40. The lowest BCUT2D eigenvalue weighted by Crippen LogP contribution is -1.58. The van der Waals surface area contributed by atoms with Crippen LogP contribution >= 0.6 is 15.6 Å². The Balaban J connectivity index is 4.05. The van der Waals surface area contributed by atoms with Crippen molar-refractivity contribution >= 4 is 15.6 Å². The Kier molecular flexibility index (Phi) is 3.04.